The normalized spacial score (nSPS) is 10.4. The molecule has 0 aliphatic heterocycles. The molecule has 0 amide bonds. The summed E-state index contributed by atoms with van der Waals surface area (Å²) in [5.74, 6) is 0.741. The average molecular weight is 324 g/mol. The van der Waals surface area contributed by atoms with Crippen LogP contribution in [0.5, 0.6) is 0 Å². The summed E-state index contributed by atoms with van der Waals surface area (Å²) in [6.45, 7) is 3.30. The summed E-state index contributed by atoms with van der Waals surface area (Å²) in [5, 5.41) is 3.14. The van der Waals surface area contributed by atoms with Crippen LogP contribution in [0, 0.1) is 0 Å². The van der Waals surface area contributed by atoms with Crippen LogP contribution in [-0.4, -0.2) is 26.1 Å². The van der Waals surface area contributed by atoms with Gasteiger partial charge in [-0.15, -0.1) is 0 Å². The summed E-state index contributed by atoms with van der Waals surface area (Å²) in [5.41, 5.74) is 0.578. The van der Waals surface area contributed by atoms with E-state index in [1.807, 2.05) is 0 Å². The van der Waals surface area contributed by atoms with Gasteiger partial charge >= 0.3 is 0 Å². The van der Waals surface area contributed by atoms with E-state index >= 15 is 0 Å². The Morgan fingerprint density at radius 2 is 2.16 bits per heavy atom. The second-order valence-corrected chi connectivity index (χ2v) is 4.85. The third-order valence-electron chi connectivity index (χ3n) is 2.45. The van der Waals surface area contributed by atoms with Gasteiger partial charge in [0.15, 0.2) is 0 Å². The van der Waals surface area contributed by atoms with Gasteiger partial charge in [0.2, 0.25) is 0 Å². The number of nitrogens with zero attached hydrogens (tertiary/aromatic N) is 4. The van der Waals surface area contributed by atoms with Gasteiger partial charge in [-0.3, -0.25) is 14.3 Å². The maximum absolute atomic E-state index is 11.8. The first kappa shape index (κ1) is 13.7. The molecule has 2 aromatic heterocycles. The molecule has 6 nitrogen and oxygen atoms in total. The van der Waals surface area contributed by atoms with Gasteiger partial charge in [0.05, 0.1) is 31.0 Å². The van der Waals surface area contributed by atoms with E-state index in [1.165, 1.54) is 17.1 Å². The van der Waals surface area contributed by atoms with Crippen molar-refractivity contribution in [1.29, 1.82) is 0 Å². The van der Waals surface area contributed by atoms with Crippen LogP contribution < -0.4 is 10.9 Å². The van der Waals surface area contributed by atoms with Crippen molar-refractivity contribution in [2.45, 2.75) is 19.9 Å². The van der Waals surface area contributed by atoms with Crippen LogP contribution in [0.3, 0.4) is 0 Å². The van der Waals surface area contributed by atoms with Gasteiger partial charge in [-0.1, -0.05) is 6.92 Å². The Kier molecular flexibility index (Phi) is 4.62. The highest BCUT2D eigenvalue weighted by atomic mass is 79.9. The van der Waals surface area contributed by atoms with E-state index in [9.17, 15) is 4.79 Å². The summed E-state index contributed by atoms with van der Waals surface area (Å²) in [4.78, 5) is 24.3. The highest BCUT2D eigenvalue weighted by Gasteiger charge is 2.03. The Morgan fingerprint density at radius 3 is 2.84 bits per heavy atom. The monoisotopic (exact) mass is 323 g/mol. The molecule has 2 heterocycles. The van der Waals surface area contributed by atoms with E-state index in [0.717, 1.165) is 18.8 Å². The van der Waals surface area contributed by atoms with Crippen molar-refractivity contribution in [3.05, 3.63) is 45.4 Å². The van der Waals surface area contributed by atoms with E-state index < -0.39 is 0 Å². The predicted molar refractivity (Wildman–Crippen MR) is 76.1 cm³/mol. The third kappa shape index (κ3) is 3.60. The molecule has 0 atom stereocenters. The highest BCUT2D eigenvalue weighted by molar-refractivity contribution is 9.10. The van der Waals surface area contributed by atoms with Crippen molar-refractivity contribution in [2.24, 2.45) is 0 Å². The zero-order valence-electron chi connectivity index (χ0n) is 10.5. The molecule has 0 unspecified atom stereocenters. The molecular weight excluding hydrogens is 310 g/mol. The molecule has 0 fully saturated rings. The molecular formula is C12H14BrN5O. The summed E-state index contributed by atoms with van der Waals surface area (Å²) in [6, 6.07) is 0. The lowest BCUT2D eigenvalue weighted by atomic mass is 10.4. The van der Waals surface area contributed by atoms with Gasteiger partial charge in [0.25, 0.3) is 5.56 Å². The molecule has 0 aromatic carbocycles. The molecule has 19 heavy (non-hydrogen) atoms. The summed E-state index contributed by atoms with van der Waals surface area (Å²) < 4.78 is 1.91. The largest absolute Gasteiger partial charge is 0.369 e. The first-order chi connectivity index (χ1) is 9.20. The maximum atomic E-state index is 11.8. The fraction of sp³-hybridized carbons (Fsp3) is 0.333. The number of hydrogen-bond acceptors (Lipinski definition) is 5. The lowest BCUT2D eigenvalue weighted by Crippen LogP contribution is -2.21. The van der Waals surface area contributed by atoms with Crippen molar-refractivity contribution in [3.63, 3.8) is 0 Å². The molecule has 2 aromatic rings. The Balaban J connectivity index is 2.11. The van der Waals surface area contributed by atoms with E-state index in [1.54, 1.807) is 12.4 Å². The zero-order chi connectivity index (χ0) is 13.7. The van der Waals surface area contributed by atoms with Crippen LogP contribution in [0.1, 0.15) is 19.0 Å². The first-order valence-corrected chi connectivity index (χ1v) is 6.74. The Bertz CT molecular complexity index is 596. The summed E-state index contributed by atoms with van der Waals surface area (Å²) >= 11 is 3.16. The molecule has 0 spiro atoms. The van der Waals surface area contributed by atoms with Gasteiger partial charge in [-0.25, -0.2) is 9.97 Å². The second kappa shape index (κ2) is 6.42. The second-order valence-electron chi connectivity index (χ2n) is 3.99. The van der Waals surface area contributed by atoms with Gasteiger partial charge in [0.1, 0.15) is 10.3 Å². The Morgan fingerprint density at radius 1 is 1.32 bits per heavy atom. The summed E-state index contributed by atoms with van der Waals surface area (Å²) in [6.07, 6.45) is 7.32. The molecule has 0 saturated carbocycles. The number of rotatable bonds is 5. The lowest BCUT2D eigenvalue weighted by Gasteiger charge is -2.06. The van der Waals surface area contributed by atoms with Crippen LogP contribution >= 0.6 is 15.9 Å². The standard InChI is InChI=1S/C12H14BrN5O/c1-2-3-15-11-6-16-9(4-17-11)7-18-8-14-5-10(13)12(18)19/h4-6,8H,2-3,7H2,1H3,(H,15,17). The van der Waals surface area contributed by atoms with Crippen LogP contribution in [0.2, 0.25) is 0 Å². The Labute approximate surface area is 119 Å². The topological polar surface area (TPSA) is 72.7 Å². The fourth-order valence-corrected chi connectivity index (χ4v) is 1.84. The average Bonchev–Trinajstić information content (AvgIpc) is 2.43. The van der Waals surface area contributed by atoms with E-state index in [4.69, 9.17) is 0 Å². The maximum Gasteiger partial charge on any atom is 0.267 e. The predicted octanol–water partition coefficient (Wildman–Crippen LogP) is 1.67. The number of aromatic nitrogens is 4. The molecule has 0 radical (unpaired) electrons. The van der Waals surface area contributed by atoms with Crippen molar-refractivity contribution >= 4 is 21.7 Å². The molecule has 100 valence electrons. The summed E-state index contributed by atoms with van der Waals surface area (Å²) in [7, 11) is 0. The van der Waals surface area contributed by atoms with Gasteiger partial charge in [-0.2, -0.15) is 0 Å². The van der Waals surface area contributed by atoms with Gasteiger partial charge in [-0.05, 0) is 22.4 Å². The number of anilines is 1. The number of hydrogen-bond donors (Lipinski definition) is 1. The SMILES string of the molecule is CCCNc1cnc(Cn2cncc(Br)c2=O)cn1. The van der Waals surface area contributed by atoms with Crippen molar-refractivity contribution in [1.82, 2.24) is 19.5 Å². The van der Waals surface area contributed by atoms with E-state index in [2.05, 4.69) is 43.1 Å². The van der Waals surface area contributed by atoms with Gasteiger partial charge < -0.3 is 5.32 Å². The zero-order valence-corrected chi connectivity index (χ0v) is 12.1. The molecule has 7 heteroatoms. The molecule has 0 aliphatic rings. The molecule has 2 rings (SSSR count). The van der Waals surface area contributed by atoms with Crippen molar-refractivity contribution in [2.75, 3.05) is 11.9 Å². The van der Waals surface area contributed by atoms with Crippen molar-refractivity contribution < 1.29 is 0 Å². The molecule has 0 aliphatic carbocycles. The number of halogens is 1. The molecule has 0 bridgehead atoms. The van der Waals surface area contributed by atoms with E-state index in [0.29, 0.717) is 16.7 Å². The first-order valence-electron chi connectivity index (χ1n) is 5.95. The highest BCUT2D eigenvalue weighted by Crippen LogP contribution is 2.03. The minimum atomic E-state index is -0.134. The van der Waals surface area contributed by atoms with Crippen LogP contribution in [0.25, 0.3) is 0 Å². The van der Waals surface area contributed by atoms with Crippen molar-refractivity contribution in [3.8, 4) is 0 Å². The van der Waals surface area contributed by atoms with Crippen LogP contribution in [0.15, 0.2) is 34.2 Å². The van der Waals surface area contributed by atoms with Crippen LogP contribution in [0.4, 0.5) is 5.82 Å². The van der Waals surface area contributed by atoms with Gasteiger partial charge in [0, 0.05) is 12.7 Å². The minimum absolute atomic E-state index is 0.134. The van der Waals surface area contributed by atoms with E-state index in [-0.39, 0.29) is 5.56 Å². The van der Waals surface area contributed by atoms with Crippen LogP contribution in [-0.2, 0) is 6.54 Å². The quantitative estimate of drug-likeness (QED) is 0.906. The smallest absolute Gasteiger partial charge is 0.267 e. The fourth-order valence-electron chi connectivity index (χ4n) is 1.49. The Hall–Kier alpha value is -1.76. The number of nitrogens with one attached hydrogen (secondary N) is 1. The third-order valence-corrected chi connectivity index (χ3v) is 3.00. The molecule has 1 N–H and O–H groups in total. The lowest BCUT2D eigenvalue weighted by molar-refractivity contribution is 0.710. The molecule has 0 saturated heterocycles. The minimum Gasteiger partial charge on any atom is -0.369 e.